The Labute approximate surface area is 170 Å². The van der Waals surface area contributed by atoms with E-state index in [2.05, 4.69) is 20.2 Å². The molecular formula is C23H24N4O2. The van der Waals surface area contributed by atoms with Gasteiger partial charge in [-0.15, -0.1) is 0 Å². The Morgan fingerprint density at radius 3 is 2.55 bits per heavy atom. The van der Waals surface area contributed by atoms with Crippen LogP contribution in [0.1, 0.15) is 18.4 Å². The predicted molar refractivity (Wildman–Crippen MR) is 113 cm³/mol. The molecule has 0 spiro atoms. The molecule has 0 aliphatic carbocycles. The largest absolute Gasteiger partial charge is 0.455 e. The minimum atomic E-state index is -0.0398. The highest BCUT2D eigenvalue weighted by Crippen LogP contribution is 2.31. The fraction of sp³-hybridized carbons (Fsp3) is 0.261. The minimum absolute atomic E-state index is 0.0268. The van der Waals surface area contributed by atoms with Crippen LogP contribution in [0.3, 0.4) is 0 Å². The number of aromatic nitrogens is 2. The lowest BCUT2D eigenvalue weighted by Gasteiger charge is -2.31. The number of hydrogen-bond donors (Lipinski definition) is 1. The van der Waals surface area contributed by atoms with Gasteiger partial charge in [0.05, 0.1) is 5.69 Å². The van der Waals surface area contributed by atoms with Crippen LogP contribution in [-0.2, 0) is 4.79 Å². The first-order valence-corrected chi connectivity index (χ1v) is 9.85. The molecular weight excluding hydrogens is 364 g/mol. The highest BCUT2D eigenvalue weighted by Gasteiger charge is 2.26. The molecule has 1 saturated heterocycles. The van der Waals surface area contributed by atoms with Crippen LogP contribution in [0.4, 0.5) is 11.6 Å². The Balaban J connectivity index is 1.39. The van der Waals surface area contributed by atoms with E-state index in [4.69, 9.17) is 4.74 Å². The average Bonchev–Trinajstić information content (AvgIpc) is 2.76. The van der Waals surface area contributed by atoms with Gasteiger partial charge in [-0.05, 0) is 55.7 Å². The van der Waals surface area contributed by atoms with Gasteiger partial charge in [0.15, 0.2) is 5.75 Å². The first kappa shape index (κ1) is 18.9. The molecule has 1 aliphatic heterocycles. The number of hydrogen-bond acceptors (Lipinski definition) is 5. The van der Waals surface area contributed by atoms with Crippen molar-refractivity contribution < 1.29 is 9.53 Å². The number of piperidine rings is 1. The Kier molecular flexibility index (Phi) is 5.70. The van der Waals surface area contributed by atoms with Crippen molar-refractivity contribution in [2.45, 2.75) is 19.8 Å². The molecule has 0 bridgehead atoms. The van der Waals surface area contributed by atoms with Gasteiger partial charge in [-0.2, -0.15) is 0 Å². The maximum absolute atomic E-state index is 12.9. The monoisotopic (exact) mass is 388 g/mol. The summed E-state index contributed by atoms with van der Waals surface area (Å²) in [4.78, 5) is 23.6. The molecule has 148 valence electrons. The SMILES string of the molecule is Cc1cccc(Oc2ccccc2NC(=O)C2CCN(c3ncccn3)CC2)c1. The molecule has 0 saturated carbocycles. The lowest BCUT2D eigenvalue weighted by molar-refractivity contribution is -0.120. The summed E-state index contributed by atoms with van der Waals surface area (Å²) in [6.45, 7) is 3.56. The highest BCUT2D eigenvalue weighted by molar-refractivity contribution is 5.94. The summed E-state index contributed by atoms with van der Waals surface area (Å²) in [6, 6.07) is 17.2. The lowest BCUT2D eigenvalue weighted by Crippen LogP contribution is -2.39. The van der Waals surface area contributed by atoms with Crippen molar-refractivity contribution in [1.29, 1.82) is 0 Å². The summed E-state index contributed by atoms with van der Waals surface area (Å²) >= 11 is 0. The van der Waals surface area contributed by atoms with Crippen LogP contribution in [-0.4, -0.2) is 29.0 Å². The maximum Gasteiger partial charge on any atom is 0.227 e. The summed E-state index contributed by atoms with van der Waals surface area (Å²) in [5.74, 6) is 2.11. The number of nitrogens with zero attached hydrogens (tertiary/aromatic N) is 3. The Bertz CT molecular complexity index is 969. The zero-order chi connectivity index (χ0) is 20.1. The van der Waals surface area contributed by atoms with Crippen LogP contribution in [0, 0.1) is 12.8 Å². The summed E-state index contributed by atoms with van der Waals surface area (Å²) in [5, 5.41) is 3.06. The first-order chi connectivity index (χ1) is 14.2. The molecule has 1 N–H and O–H groups in total. The molecule has 0 unspecified atom stereocenters. The van der Waals surface area contributed by atoms with Gasteiger partial charge in [0, 0.05) is 31.4 Å². The van der Waals surface area contributed by atoms with Crippen LogP contribution < -0.4 is 15.0 Å². The molecule has 0 atom stereocenters. The summed E-state index contributed by atoms with van der Waals surface area (Å²) in [7, 11) is 0. The van der Waals surface area contributed by atoms with Crippen molar-refractivity contribution in [2.24, 2.45) is 5.92 Å². The van der Waals surface area contributed by atoms with Gasteiger partial charge in [-0.3, -0.25) is 4.79 Å². The summed E-state index contributed by atoms with van der Waals surface area (Å²) in [5.41, 5.74) is 1.81. The third kappa shape index (κ3) is 4.71. The van der Waals surface area contributed by atoms with Crippen LogP contribution in [0.25, 0.3) is 0 Å². The maximum atomic E-state index is 12.9. The van der Waals surface area contributed by atoms with Crippen molar-refractivity contribution in [3.8, 4) is 11.5 Å². The molecule has 6 nitrogen and oxygen atoms in total. The number of aryl methyl sites for hydroxylation is 1. The van der Waals surface area contributed by atoms with E-state index >= 15 is 0 Å². The van der Waals surface area contributed by atoms with Gasteiger partial charge in [0.1, 0.15) is 5.75 Å². The second-order valence-corrected chi connectivity index (χ2v) is 7.21. The first-order valence-electron chi connectivity index (χ1n) is 9.85. The van der Waals surface area contributed by atoms with Gasteiger partial charge >= 0.3 is 0 Å². The fourth-order valence-corrected chi connectivity index (χ4v) is 3.50. The van der Waals surface area contributed by atoms with Crippen LogP contribution in [0.5, 0.6) is 11.5 Å². The number of carbonyl (C=O) groups excluding carboxylic acids is 1. The Morgan fingerprint density at radius 2 is 1.79 bits per heavy atom. The molecule has 1 amide bonds. The standard InChI is InChI=1S/C23H24N4O2/c1-17-6-4-7-19(16-17)29-21-9-3-2-8-20(21)26-22(28)18-10-14-27(15-11-18)23-24-12-5-13-25-23/h2-9,12-13,16,18H,10-11,14-15H2,1H3,(H,26,28). The molecule has 4 rings (SSSR count). The number of carbonyl (C=O) groups is 1. The van der Waals surface area contributed by atoms with Crippen molar-refractivity contribution in [2.75, 3.05) is 23.3 Å². The third-order valence-electron chi connectivity index (χ3n) is 5.06. The van der Waals surface area contributed by atoms with Crippen molar-refractivity contribution in [3.05, 3.63) is 72.6 Å². The van der Waals surface area contributed by atoms with Crippen molar-refractivity contribution in [3.63, 3.8) is 0 Å². The number of benzene rings is 2. The van der Waals surface area contributed by atoms with Gasteiger partial charge in [0.25, 0.3) is 0 Å². The van der Waals surface area contributed by atoms with Gasteiger partial charge in [-0.25, -0.2) is 9.97 Å². The second kappa shape index (κ2) is 8.73. The van der Waals surface area contributed by atoms with E-state index in [9.17, 15) is 4.79 Å². The predicted octanol–water partition coefficient (Wildman–Crippen LogP) is 4.43. The van der Waals surface area contributed by atoms with Gasteiger partial charge in [-0.1, -0.05) is 24.3 Å². The zero-order valence-electron chi connectivity index (χ0n) is 16.4. The van der Waals surface area contributed by atoms with Crippen molar-refractivity contribution >= 4 is 17.5 Å². The van der Waals surface area contributed by atoms with E-state index in [0.29, 0.717) is 11.4 Å². The molecule has 1 aromatic heterocycles. The average molecular weight is 388 g/mol. The Hall–Kier alpha value is -3.41. The number of anilines is 2. The molecule has 0 radical (unpaired) electrons. The van der Waals surface area contributed by atoms with Crippen molar-refractivity contribution in [1.82, 2.24) is 9.97 Å². The third-order valence-corrected chi connectivity index (χ3v) is 5.06. The number of ether oxygens (including phenoxy) is 1. The molecule has 1 aliphatic rings. The van der Waals surface area contributed by atoms with E-state index in [1.54, 1.807) is 18.5 Å². The number of rotatable bonds is 5. The molecule has 2 heterocycles. The van der Waals surface area contributed by atoms with Crippen LogP contribution >= 0.6 is 0 Å². The topological polar surface area (TPSA) is 67.3 Å². The summed E-state index contributed by atoms with van der Waals surface area (Å²) < 4.78 is 6.01. The molecule has 3 aromatic rings. The number of nitrogens with one attached hydrogen (secondary N) is 1. The fourth-order valence-electron chi connectivity index (χ4n) is 3.50. The van der Waals surface area contributed by atoms with E-state index < -0.39 is 0 Å². The quantitative estimate of drug-likeness (QED) is 0.700. The number of para-hydroxylation sites is 2. The molecule has 2 aromatic carbocycles. The zero-order valence-corrected chi connectivity index (χ0v) is 16.4. The lowest BCUT2D eigenvalue weighted by atomic mass is 9.96. The number of amides is 1. The molecule has 6 heteroatoms. The smallest absolute Gasteiger partial charge is 0.227 e. The second-order valence-electron chi connectivity index (χ2n) is 7.21. The van der Waals surface area contributed by atoms with Gasteiger partial charge in [0.2, 0.25) is 11.9 Å². The van der Waals surface area contributed by atoms with E-state index in [-0.39, 0.29) is 11.8 Å². The van der Waals surface area contributed by atoms with Crippen LogP contribution in [0.15, 0.2) is 67.0 Å². The molecule has 1 fully saturated rings. The summed E-state index contributed by atoms with van der Waals surface area (Å²) in [6.07, 6.45) is 5.02. The van der Waals surface area contributed by atoms with Gasteiger partial charge < -0.3 is 15.0 Å². The minimum Gasteiger partial charge on any atom is -0.455 e. The van der Waals surface area contributed by atoms with E-state index in [1.165, 1.54) is 0 Å². The van der Waals surface area contributed by atoms with Crippen LogP contribution in [0.2, 0.25) is 0 Å². The highest BCUT2D eigenvalue weighted by atomic mass is 16.5. The van der Waals surface area contributed by atoms with E-state index in [0.717, 1.165) is 43.2 Å². The molecule has 29 heavy (non-hydrogen) atoms. The normalized spacial score (nSPS) is 14.4. The van der Waals surface area contributed by atoms with E-state index in [1.807, 2.05) is 55.5 Å². The Morgan fingerprint density at radius 1 is 1.03 bits per heavy atom.